The van der Waals surface area contributed by atoms with Crippen molar-refractivity contribution in [2.24, 2.45) is 5.92 Å². The standard InChI is InChI=1S/C30H30Cl2FN5O3/c31-24-7-6-20(14-25(24)33)38-26(32)15-22-27(38)35-18-37(29(22)40)17-30(41)9-12-36(13-10-30)28(39)21-8-11-34-16-23(21)19-4-2-1-3-5-19/h1-7,14-15,18,21,23,34,41H,8-13,16-17H2/t21-,23+/m1/s1. The lowest BCUT2D eigenvalue weighted by molar-refractivity contribution is -0.141. The molecule has 0 unspecified atom stereocenters. The summed E-state index contributed by atoms with van der Waals surface area (Å²) >= 11 is 12.2. The van der Waals surface area contributed by atoms with Crippen LogP contribution in [0.15, 0.2) is 65.7 Å². The van der Waals surface area contributed by atoms with Gasteiger partial charge in [0.05, 0.1) is 28.2 Å². The highest BCUT2D eigenvalue weighted by molar-refractivity contribution is 6.31. The number of fused-ring (bicyclic) bond motifs is 1. The van der Waals surface area contributed by atoms with Crippen LogP contribution in [-0.4, -0.2) is 61.8 Å². The topological polar surface area (TPSA) is 92.4 Å². The highest BCUT2D eigenvalue weighted by atomic mass is 35.5. The zero-order valence-corrected chi connectivity index (χ0v) is 23.8. The van der Waals surface area contributed by atoms with E-state index >= 15 is 0 Å². The number of nitrogens with one attached hydrogen (secondary N) is 1. The molecule has 214 valence electrons. The molecule has 2 fully saturated rings. The molecule has 2 aliphatic rings. The number of rotatable bonds is 5. The first-order valence-corrected chi connectivity index (χ1v) is 14.5. The average molecular weight is 599 g/mol. The Bertz CT molecular complexity index is 1650. The third kappa shape index (κ3) is 5.39. The fourth-order valence-electron chi connectivity index (χ4n) is 6.13. The monoisotopic (exact) mass is 597 g/mol. The Morgan fingerprint density at radius 1 is 1.12 bits per heavy atom. The highest BCUT2D eigenvalue weighted by Gasteiger charge is 2.39. The predicted octanol–water partition coefficient (Wildman–Crippen LogP) is 4.38. The van der Waals surface area contributed by atoms with Crippen LogP contribution in [0.4, 0.5) is 4.39 Å². The highest BCUT2D eigenvalue weighted by Crippen LogP contribution is 2.33. The maximum absolute atomic E-state index is 14.1. The molecule has 2 N–H and O–H groups in total. The molecule has 11 heteroatoms. The van der Waals surface area contributed by atoms with Crippen LogP contribution in [0, 0.1) is 11.7 Å². The van der Waals surface area contributed by atoms with E-state index in [1.807, 2.05) is 23.1 Å². The number of piperidine rings is 2. The quantitative estimate of drug-likeness (QED) is 0.356. The molecule has 4 aromatic rings. The molecule has 2 aromatic heterocycles. The van der Waals surface area contributed by atoms with Crippen LogP contribution in [0.25, 0.3) is 16.7 Å². The fourth-order valence-corrected chi connectivity index (χ4v) is 6.53. The lowest BCUT2D eigenvalue weighted by Crippen LogP contribution is -2.52. The number of amides is 1. The van der Waals surface area contributed by atoms with Crippen LogP contribution in [0.2, 0.25) is 10.2 Å². The summed E-state index contributed by atoms with van der Waals surface area (Å²) in [5, 5.41) is 15.3. The summed E-state index contributed by atoms with van der Waals surface area (Å²) in [4.78, 5) is 33.3. The van der Waals surface area contributed by atoms with Gasteiger partial charge < -0.3 is 15.3 Å². The number of aromatic nitrogens is 3. The summed E-state index contributed by atoms with van der Waals surface area (Å²) in [6, 6.07) is 15.8. The lowest BCUT2D eigenvalue weighted by Gasteiger charge is -2.41. The number of hydrogen-bond acceptors (Lipinski definition) is 5. The Balaban J connectivity index is 1.17. The molecule has 0 bridgehead atoms. The summed E-state index contributed by atoms with van der Waals surface area (Å²) in [5.74, 6) is -0.490. The van der Waals surface area contributed by atoms with Crippen molar-refractivity contribution in [2.75, 3.05) is 26.2 Å². The second-order valence-electron chi connectivity index (χ2n) is 11.0. The third-order valence-corrected chi connectivity index (χ3v) is 8.98. The minimum atomic E-state index is -1.17. The van der Waals surface area contributed by atoms with Gasteiger partial charge >= 0.3 is 0 Å². The lowest BCUT2D eigenvalue weighted by atomic mass is 9.80. The van der Waals surface area contributed by atoms with E-state index in [0.717, 1.165) is 25.1 Å². The van der Waals surface area contributed by atoms with E-state index in [0.29, 0.717) is 31.6 Å². The Hall–Kier alpha value is -3.24. The van der Waals surface area contributed by atoms with Gasteiger partial charge in [0.2, 0.25) is 5.91 Å². The van der Waals surface area contributed by atoms with E-state index in [2.05, 4.69) is 22.4 Å². The van der Waals surface area contributed by atoms with Gasteiger partial charge in [-0.1, -0.05) is 53.5 Å². The molecule has 0 radical (unpaired) electrons. The average Bonchev–Trinajstić information content (AvgIpc) is 3.33. The van der Waals surface area contributed by atoms with E-state index in [4.69, 9.17) is 23.2 Å². The van der Waals surface area contributed by atoms with Gasteiger partial charge in [0.1, 0.15) is 17.3 Å². The van der Waals surface area contributed by atoms with Crippen LogP contribution in [0.5, 0.6) is 0 Å². The van der Waals surface area contributed by atoms with Crippen molar-refractivity contribution < 1.29 is 14.3 Å². The van der Waals surface area contributed by atoms with E-state index in [1.165, 1.54) is 33.7 Å². The Kier molecular flexibility index (Phi) is 7.63. The summed E-state index contributed by atoms with van der Waals surface area (Å²) in [6.45, 7) is 2.42. The SMILES string of the molecule is O=C([C@@H]1CCNC[C@H]1c1ccccc1)N1CCC(O)(Cn2cnc3c(cc(Cl)n3-c3ccc(Cl)c(F)c3)c2=O)CC1. The number of nitrogens with zero attached hydrogens (tertiary/aromatic N) is 4. The normalized spacial score (nSPS) is 20.8. The maximum Gasteiger partial charge on any atom is 0.262 e. The molecule has 1 amide bonds. The summed E-state index contributed by atoms with van der Waals surface area (Å²) in [5.41, 5.74) is 0.284. The van der Waals surface area contributed by atoms with Crippen LogP contribution < -0.4 is 10.9 Å². The molecule has 2 aliphatic heterocycles. The number of aliphatic hydroxyl groups is 1. The first kappa shape index (κ1) is 27.9. The molecule has 8 nitrogen and oxygen atoms in total. The predicted molar refractivity (Wildman–Crippen MR) is 156 cm³/mol. The Morgan fingerprint density at radius 3 is 2.61 bits per heavy atom. The number of carbonyl (C=O) groups is 1. The number of benzene rings is 2. The van der Waals surface area contributed by atoms with E-state index in [-0.39, 0.29) is 51.1 Å². The molecular weight excluding hydrogens is 568 g/mol. The van der Waals surface area contributed by atoms with Crippen molar-refractivity contribution in [1.82, 2.24) is 24.3 Å². The second-order valence-corrected chi connectivity index (χ2v) is 11.8. The summed E-state index contributed by atoms with van der Waals surface area (Å²) in [6.07, 6.45) is 2.83. The minimum Gasteiger partial charge on any atom is -0.388 e. The van der Waals surface area contributed by atoms with Crippen LogP contribution in [-0.2, 0) is 11.3 Å². The van der Waals surface area contributed by atoms with Crippen molar-refractivity contribution in [3.63, 3.8) is 0 Å². The zero-order chi connectivity index (χ0) is 28.7. The third-order valence-electron chi connectivity index (χ3n) is 8.40. The molecule has 2 saturated heterocycles. The van der Waals surface area contributed by atoms with Gasteiger partial charge in [0.25, 0.3) is 5.56 Å². The van der Waals surface area contributed by atoms with E-state index < -0.39 is 11.4 Å². The molecule has 6 rings (SSSR count). The van der Waals surface area contributed by atoms with Gasteiger partial charge in [-0.15, -0.1) is 0 Å². The molecule has 0 spiro atoms. The van der Waals surface area contributed by atoms with Gasteiger partial charge in [-0.2, -0.15) is 0 Å². The van der Waals surface area contributed by atoms with Gasteiger partial charge in [-0.25, -0.2) is 9.37 Å². The van der Waals surface area contributed by atoms with Crippen molar-refractivity contribution in [1.29, 1.82) is 0 Å². The van der Waals surface area contributed by atoms with E-state index in [9.17, 15) is 19.1 Å². The van der Waals surface area contributed by atoms with Crippen molar-refractivity contribution in [2.45, 2.75) is 37.3 Å². The molecule has 2 atom stereocenters. The van der Waals surface area contributed by atoms with Gasteiger partial charge in [-0.05, 0) is 55.6 Å². The molecule has 41 heavy (non-hydrogen) atoms. The van der Waals surface area contributed by atoms with Crippen LogP contribution in [0.1, 0.15) is 30.7 Å². The van der Waals surface area contributed by atoms with Crippen LogP contribution in [0.3, 0.4) is 0 Å². The van der Waals surface area contributed by atoms with Crippen LogP contribution >= 0.6 is 23.2 Å². The molecule has 0 saturated carbocycles. The first-order valence-electron chi connectivity index (χ1n) is 13.7. The first-order chi connectivity index (χ1) is 19.7. The summed E-state index contributed by atoms with van der Waals surface area (Å²) in [7, 11) is 0. The fraction of sp³-hybridized carbons (Fsp3) is 0.367. The number of hydrogen-bond donors (Lipinski definition) is 2. The number of likely N-dealkylation sites (tertiary alicyclic amines) is 1. The Morgan fingerprint density at radius 2 is 1.88 bits per heavy atom. The number of halogens is 3. The second kappa shape index (κ2) is 11.2. The maximum atomic E-state index is 14.1. The Labute approximate surface area is 246 Å². The van der Waals surface area contributed by atoms with Gasteiger partial charge in [0, 0.05) is 31.5 Å². The largest absolute Gasteiger partial charge is 0.388 e. The molecule has 0 aliphatic carbocycles. The number of carbonyl (C=O) groups excluding carboxylic acids is 1. The summed E-state index contributed by atoms with van der Waals surface area (Å²) < 4.78 is 17.0. The van der Waals surface area contributed by atoms with E-state index in [1.54, 1.807) is 6.07 Å². The zero-order valence-electron chi connectivity index (χ0n) is 22.3. The smallest absolute Gasteiger partial charge is 0.262 e. The molecule has 2 aromatic carbocycles. The molecule has 4 heterocycles. The minimum absolute atomic E-state index is 0.0237. The van der Waals surface area contributed by atoms with Gasteiger partial charge in [0.15, 0.2) is 5.65 Å². The molecular formula is C30H30Cl2FN5O3. The van der Waals surface area contributed by atoms with Crippen molar-refractivity contribution >= 4 is 40.1 Å². The van der Waals surface area contributed by atoms with Crippen molar-refractivity contribution in [3.05, 3.63) is 92.8 Å². The van der Waals surface area contributed by atoms with Crippen molar-refractivity contribution in [3.8, 4) is 5.69 Å². The van der Waals surface area contributed by atoms with Gasteiger partial charge in [-0.3, -0.25) is 18.7 Å².